The fourth-order valence-corrected chi connectivity index (χ4v) is 4.28. The highest BCUT2D eigenvalue weighted by molar-refractivity contribution is 7.92. The van der Waals surface area contributed by atoms with E-state index in [-0.39, 0.29) is 24.9 Å². The van der Waals surface area contributed by atoms with Crippen molar-refractivity contribution in [2.75, 3.05) is 17.1 Å². The van der Waals surface area contributed by atoms with Crippen LogP contribution in [0.5, 0.6) is 0 Å². The number of hydrogen-bond acceptors (Lipinski definition) is 3. The summed E-state index contributed by atoms with van der Waals surface area (Å²) in [4.78, 5) is 12.4. The van der Waals surface area contributed by atoms with Crippen LogP contribution in [-0.4, -0.2) is 27.1 Å². The van der Waals surface area contributed by atoms with Gasteiger partial charge in [0.25, 0.3) is 0 Å². The molecule has 5 nitrogen and oxygen atoms in total. The summed E-state index contributed by atoms with van der Waals surface area (Å²) in [5.41, 5.74) is 4.97. The van der Waals surface area contributed by atoms with E-state index in [1.54, 1.807) is 0 Å². The van der Waals surface area contributed by atoms with Gasteiger partial charge in [-0.05, 0) is 80.6 Å². The second-order valence-electron chi connectivity index (χ2n) is 7.50. The lowest BCUT2D eigenvalue weighted by Crippen LogP contribution is -2.32. The first-order valence-corrected chi connectivity index (χ1v) is 11.4. The van der Waals surface area contributed by atoms with E-state index in [1.807, 2.05) is 20.8 Å². The number of nitrogens with one attached hydrogen (secondary N) is 1. The molecule has 0 saturated heterocycles. The quantitative estimate of drug-likeness (QED) is 0.697. The Bertz CT molecular complexity index is 972. The molecule has 0 spiro atoms. The van der Waals surface area contributed by atoms with E-state index in [1.165, 1.54) is 39.7 Å². The number of carbonyl (C=O) groups is 1. The van der Waals surface area contributed by atoms with Crippen LogP contribution in [0.15, 0.2) is 36.4 Å². The molecule has 1 atom stereocenters. The van der Waals surface area contributed by atoms with Crippen LogP contribution < -0.4 is 9.62 Å². The zero-order valence-corrected chi connectivity index (χ0v) is 18.4. The third-order valence-corrected chi connectivity index (χ3v) is 6.20. The largest absolute Gasteiger partial charge is 0.350 e. The molecule has 2 aromatic rings. The van der Waals surface area contributed by atoms with Gasteiger partial charge in [-0.3, -0.25) is 9.10 Å². The SMILES string of the molecule is Cc1cc(C)c([C@H](C)NC(=O)CCCN(c2ccc(F)cc2)S(C)(=O)=O)cc1C. The number of sulfonamides is 1. The van der Waals surface area contributed by atoms with Gasteiger partial charge < -0.3 is 5.32 Å². The molecular formula is C22H29FN2O3S. The molecule has 0 radical (unpaired) electrons. The van der Waals surface area contributed by atoms with Gasteiger partial charge in [0.2, 0.25) is 15.9 Å². The number of hydrogen-bond donors (Lipinski definition) is 1. The monoisotopic (exact) mass is 420 g/mol. The van der Waals surface area contributed by atoms with Gasteiger partial charge >= 0.3 is 0 Å². The molecule has 0 unspecified atom stereocenters. The molecule has 29 heavy (non-hydrogen) atoms. The van der Waals surface area contributed by atoms with Gasteiger partial charge in [-0.1, -0.05) is 12.1 Å². The van der Waals surface area contributed by atoms with E-state index in [2.05, 4.69) is 24.4 Å². The van der Waals surface area contributed by atoms with Gasteiger partial charge in [0.05, 0.1) is 18.0 Å². The molecule has 0 saturated carbocycles. The Morgan fingerprint density at radius 3 is 2.24 bits per heavy atom. The summed E-state index contributed by atoms with van der Waals surface area (Å²) in [5, 5.41) is 2.99. The van der Waals surface area contributed by atoms with Crippen molar-refractivity contribution in [3.05, 3.63) is 64.5 Å². The molecule has 1 amide bonds. The summed E-state index contributed by atoms with van der Waals surface area (Å²) < 4.78 is 38.5. The second-order valence-corrected chi connectivity index (χ2v) is 9.40. The predicted molar refractivity (Wildman–Crippen MR) is 115 cm³/mol. The third kappa shape index (κ3) is 6.29. The van der Waals surface area contributed by atoms with Gasteiger partial charge in [0.1, 0.15) is 5.82 Å². The van der Waals surface area contributed by atoms with Crippen molar-refractivity contribution in [2.24, 2.45) is 0 Å². The maximum absolute atomic E-state index is 13.1. The minimum Gasteiger partial charge on any atom is -0.350 e. The molecule has 0 bridgehead atoms. The van der Waals surface area contributed by atoms with Gasteiger partial charge in [0.15, 0.2) is 0 Å². The highest BCUT2D eigenvalue weighted by atomic mass is 32.2. The fraction of sp³-hybridized carbons (Fsp3) is 0.409. The average molecular weight is 421 g/mol. The topological polar surface area (TPSA) is 66.5 Å². The highest BCUT2D eigenvalue weighted by Crippen LogP contribution is 2.22. The van der Waals surface area contributed by atoms with E-state index in [0.717, 1.165) is 17.4 Å². The van der Waals surface area contributed by atoms with E-state index >= 15 is 0 Å². The zero-order valence-electron chi connectivity index (χ0n) is 17.6. The van der Waals surface area contributed by atoms with Gasteiger partial charge in [0, 0.05) is 13.0 Å². The van der Waals surface area contributed by atoms with Crippen LogP contribution in [0, 0.1) is 26.6 Å². The number of nitrogens with zero attached hydrogens (tertiary/aromatic N) is 1. The number of benzene rings is 2. The van der Waals surface area contributed by atoms with Crippen LogP contribution in [0.25, 0.3) is 0 Å². The fourth-order valence-electron chi connectivity index (χ4n) is 3.32. The lowest BCUT2D eigenvalue weighted by atomic mass is 9.96. The number of carbonyl (C=O) groups excluding carboxylic acids is 1. The smallest absolute Gasteiger partial charge is 0.232 e. The molecule has 0 fully saturated rings. The molecule has 0 aliphatic rings. The van der Waals surface area contributed by atoms with Crippen molar-refractivity contribution in [2.45, 2.75) is 46.6 Å². The number of amides is 1. The summed E-state index contributed by atoms with van der Waals surface area (Å²) in [7, 11) is -3.53. The van der Waals surface area contributed by atoms with E-state index < -0.39 is 15.8 Å². The molecule has 2 rings (SSSR count). The Balaban J connectivity index is 1.97. The van der Waals surface area contributed by atoms with Crippen LogP contribution in [0.1, 0.15) is 48.1 Å². The maximum atomic E-state index is 13.1. The number of aryl methyl sites for hydroxylation is 3. The molecule has 7 heteroatoms. The second kappa shape index (κ2) is 9.39. The molecule has 0 heterocycles. The third-order valence-electron chi connectivity index (χ3n) is 5.01. The molecule has 0 aliphatic heterocycles. The Labute approximate surface area is 173 Å². The van der Waals surface area contributed by atoms with Crippen LogP contribution in [0.4, 0.5) is 10.1 Å². The number of anilines is 1. The summed E-state index contributed by atoms with van der Waals surface area (Å²) in [5.74, 6) is -0.570. The van der Waals surface area contributed by atoms with E-state index in [0.29, 0.717) is 12.1 Å². The molecule has 0 aromatic heterocycles. The Kier molecular flexibility index (Phi) is 7.41. The van der Waals surface area contributed by atoms with Crippen LogP contribution in [0.2, 0.25) is 0 Å². The van der Waals surface area contributed by atoms with Gasteiger partial charge in [-0.2, -0.15) is 0 Å². The van der Waals surface area contributed by atoms with E-state index in [4.69, 9.17) is 0 Å². The predicted octanol–water partition coefficient (Wildman–Crippen LogP) is 4.17. The Morgan fingerprint density at radius 1 is 1.07 bits per heavy atom. The molecule has 2 aromatic carbocycles. The lowest BCUT2D eigenvalue weighted by molar-refractivity contribution is -0.121. The maximum Gasteiger partial charge on any atom is 0.232 e. The van der Waals surface area contributed by atoms with Gasteiger partial charge in [-0.25, -0.2) is 12.8 Å². The van der Waals surface area contributed by atoms with Crippen LogP contribution in [-0.2, 0) is 14.8 Å². The minimum atomic E-state index is -3.53. The summed E-state index contributed by atoms with van der Waals surface area (Å²) in [6, 6.07) is 9.34. The lowest BCUT2D eigenvalue weighted by Gasteiger charge is -2.23. The number of halogens is 1. The van der Waals surface area contributed by atoms with Gasteiger partial charge in [-0.15, -0.1) is 0 Å². The molecule has 1 N–H and O–H groups in total. The summed E-state index contributed by atoms with van der Waals surface area (Å²) in [6.45, 7) is 8.22. The van der Waals surface area contributed by atoms with Crippen LogP contribution >= 0.6 is 0 Å². The van der Waals surface area contributed by atoms with Crippen molar-refractivity contribution in [3.63, 3.8) is 0 Å². The molecular weight excluding hydrogens is 391 g/mol. The Hall–Kier alpha value is -2.41. The first-order valence-electron chi connectivity index (χ1n) is 9.59. The van der Waals surface area contributed by atoms with Crippen LogP contribution in [0.3, 0.4) is 0 Å². The first kappa shape index (κ1) is 22.9. The van der Waals surface area contributed by atoms with E-state index in [9.17, 15) is 17.6 Å². The van der Waals surface area contributed by atoms with Crippen molar-refractivity contribution in [3.8, 4) is 0 Å². The minimum absolute atomic E-state index is 0.134. The average Bonchev–Trinajstić information content (AvgIpc) is 2.61. The van der Waals surface area contributed by atoms with Crippen molar-refractivity contribution in [1.29, 1.82) is 0 Å². The summed E-state index contributed by atoms with van der Waals surface area (Å²) in [6.07, 6.45) is 1.65. The molecule has 158 valence electrons. The van der Waals surface area contributed by atoms with Crippen molar-refractivity contribution >= 4 is 21.6 Å². The Morgan fingerprint density at radius 2 is 1.66 bits per heavy atom. The van der Waals surface area contributed by atoms with Crippen molar-refractivity contribution in [1.82, 2.24) is 5.32 Å². The normalized spacial score (nSPS) is 12.5. The van der Waals surface area contributed by atoms with Crippen molar-refractivity contribution < 1.29 is 17.6 Å². The zero-order chi connectivity index (χ0) is 21.8. The highest BCUT2D eigenvalue weighted by Gasteiger charge is 2.18. The number of rotatable bonds is 8. The first-order chi connectivity index (χ1) is 13.5. The summed E-state index contributed by atoms with van der Waals surface area (Å²) >= 11 is 0. The molecule has 0 aliphatic carbocycles. The standard InChI is InChI=1S/C22H29FN2O3S/c1-15-13-17(3)21(14-16(15)2)18(4)24-22(26)7-6-12-25(29(5,27)28)20-10-8-19(23)9-11-20/h8-11,13-14,18H,6-7,12H2,1-5H3,(H,24,26)/t18-/m0/s1.